The zero-order valence-electron chi connectivity index (χ0n) is 7.54. The third kappa shape index (κ3) is 0.904. The van der Waals surface area contributed by atoms with Gasteiger partial charge in [0, 0.05) is 5.92 Å². The zero-order valence-corrected chi connectivity index (χ0v) is 7.54. The molecule has 0 aromatic carbocycles. The van der Waals surface area contributed by atoms with Crippen molar-refractivity contribution in [2.45, 2.75) is 20.3 Å². The molecule has 2 rings (SSSR count). The van der Waals surface area contributed by atoms with Gasteiger partial charge in [0.25, 0.3) is 0 Å². The summed E-state index contributed by atoms with van der Waals surface area (Å²) in [6.45, 7) is 4.75. The Morgan fingerprint density at radius 2 is 2.33 bits per heavy atom. The molecule has 0 amide bonds. The van der Waals surface area contributed by atoms with Gasteiger partial charge in [-0.15, -0.1) is 0 Å². The van der Waals surface area contributed by atoms with Gasteiger partial charge < -0.3 is 4.74 Å². The summed E-state index contributed by atoms with van der Waals surface area (Å²) in [7, 11) is 0. The SMILES string of the molecule is C[C@@H]1C=C[C@@H]2COC(=O)[C@]2(C)C1. The molecular weight excluding hydrogens is 152 g/mol. The van der Waals surface area contributed by atoms with Gasteiger partial charge in [-0.05, 0) is 19.3 Å². The number of rotatable bonds is 0. The van der Waals surface area contributed by atoms with Crippen LogP contribution in [-0.2, 0) is 9.53 Å². The molecule has 2 aliphatic rings. The average Bonchev–Trinajstić information content (AvgIpc) is 2.28. The van der Waals surface area contributed by atoms with E-state index < -0.39 is 0 Å². The maximum atomic E-state index is 11.4. The smallest absolute Gasteiger partial charge is 0.312 e. The van der Waals surface area contributed by atoms with E-state index in [2.05, 4.69) is 19.1 Å². The fraction of sp³-hybridized carbons (Fsp3) is 0.700. The van der Waals surface area contributed by atoms with Gasteiger partial charge in [0.1, 0.15) is 0 Å². The number of hydrogen-bond donors (Lipinski definition) is 0. The minimum Gasteiger partial charge on any atom is -0.465 e. The fourth-order valence-corrected chi connectivity index (χ4v) is 2.23. The molecule has 0 radical (unpaired) electrons. The highest BCUT2D eigenvalue weighted by Crippen LogP contribution is 2.44. The first-order valence-corrected chi connectivity index (χ1v) is 4.48. The Hall–Kier alpha value is -0.790. The second-order valence-corrected chi connectivity index (χ2v) is 4.19. The zero-order chi connectivity index (χ0) is 8.77. The van der Waals surface area contributed by atoms with Crippen molar-refractivity contribution in [2.75, 3.05) is 6.61 Å². The Bertz CT molecular complexity index is 244. The first-order valence-electron chi connectivity index (χ1n) is 4.48. The largest absolute Gasteiger partial charge is 0.465 e. The monoisotopic (exact) mass is 166 g/mol. The summed E-state index contributed by atoms with van der Waals surface area (Å²) in [5.74, 6) is 0.821. The second kappa shape index (κ2) is 2.35. The maximum absolute atomic E-state index is 11.4. The van der Waals surface area contributed by atoms with E-state index in [1.54, 1.807) is 0 Å². The Morgan fingerprint density at radius 3 is 3.08 bits per heavy atom. The molecule has 1 saturated heterocycles. The quantitative estimate of drug-likeness (QED) is 0.405. The molecule has 0 spiro atoms. The van der Waals surface area contributed by atoms with Crippen molar-refractivity contribution in [1.82, 2.24) is 0 Å². The molecule has 3 atom stereocenters. The fourth-order valence-electron chi connectivity index (χ4n) is 2.23. The Labute approximate surface area is 72.6 Å². The van der Waals surface area contributed by atoms with Gasteiger partial charge >= 0.3 is 5.97 Å². The number of allylic oxidation sites excluding steroid dienone is 1. The molecule has 0 bridgehead atoms. The van der Waals surface area contributed by atoms with E-state index in [4.69, 9.17) is 4.74 Å². The van der Waals surface area contributed by atoms with Crippen molar-refractivity contribution in [3.05, 3.63) is 12.2 Å². The molecule has 0 aromatic heterocycles. The Balaban J connectivity index is 2.32. The van der Waals surface area contributed by atoms with E-state index in [1.807, 2.05) is 6.92 Å². The summed E-state index contributed by atoms with van der Waals surface area (Å²) >= 11 is 0. The lowest BCUT2D eigenvalue weighted by Gasteiger charge is -2.30. The molecule has 0 N–H and O–H groups in total. The van der Waals surface area contributed by atoms with Crippen LogP contribution in [0.15, 0.2) is 12.2 Å². The molecule has 1 aliphatic heterocycles. The number of ether oxygens (including phenoxy) is 1. The van der Waals surface area contributed by atoms with E-state index in [-0.39, 0.29) is 11.4 Å². The number of carbonyl (C=O) groups excluding carboxylic acids is 1. The van der Waals surface area contributed by atoms with E-state index in [9.17, 15) is 4.79 Å². The lowest BCUT2D eigenvalue weighted by atomic mass is 9.69. The molecule has 2 heteroatoms. The van der Waals surface area contributed by atoms with Crippen LogP contribution in [0.4, 0.5) is 0 Å². The second-order valence-electron chi connectivity index (χ2n) is 4.19. The first-order chi connectivity index (χ1) is 5.63. The van der Waals surface area contributed by atoms with Crippen molar-refractivity contribution in [1.29, 1.82) is 0 Å². The minimum absolute atomic E-state index is 0.0105. The van der Waals surface area contributed by atoms with E-state index in [0.29, 0.717) is 18.4 Å². The molecule has 1 heterocycles. The number of esters is 1. The summed E-state index contributed by atoms with van der Waals surface area (Å²) in [5, 5.41) is 0. The molecule has 0 aromatic rings. The summed E-state index contributed by atoms with van der Waals surface area (Å²) in [5.41, 5.74) is -0.228. The van der Waals surface area contributed by atoms with Crippen LogP contribution in [0.1, 0.15) is 20.3 Å². The summed E-state index contributed by atoms with van der Waals surface area (Å²) < 4.78 is 5.06. The highest BCUT2D eigenvalue weighted by atomic mass is 16.5. The molecule has 1 fully saturated rings. The number of fused-ring (bicyclic) bond motifs is 1. The normalized spacial score (nSPS) is 45.7. The van der Waals surface area contributed by atoms with Crippen LogP contribution in [0.2, 0.25) is 0 Å². The van der Waals surface area contributed by atoms with Crippen LogP contribution in [-0.4, -0.2) is 12.6 Å². The van der Waals surface area contributed by atoms with Crippen molar-refractivity contribution in [2.24, 2.45) is 17.3 Å². The third-order valence-electron chi connectivity index (χ3n) is 3.10. The van der Waals surface area contributed by atoms with E-state index in [1.165, 1.54) is 0 Å². The van der Waals surface area contributed by atoms with Crippen LogP contribution in [0.25, 0.3) is 0 Å². The van der Waals surface area contributed by atoms with Gasteiger partial charge in [0.2, 0.25) is 0 Å². The molecule has 1 aliphatic carbocycles. The standard InChI is InChI=1S/C10H14O2/c1-7-3-4-8-6-12-9(11)10(8,2)5-7/h3-4,7-8H,5-6H2,1-2H3/t7-,8-,10-/m1/s1. The van der Waals surface area contributed by atoms with Crippen LogP contribution in [0.5, 0.6) is 0 Å². The van der Waals surface area contributed by atoms with Crippen molar-refractivity contribution in [3.8, 4) is 0 Å². The topological polar surface area (TPSA) is 26.3 Å². The summed E-state index contributed by atoms with van der Waals surface area (Å²) in [4.78, 5) is 11.4. The predicted octanol–water partition coefficient (Wildman–Crippen LogP) is 1.76. The predicted molar refractivity (Wildman–Crippen MR) is 45.5 cm³/mol. The van der Waals surface area contributed by atoms with Gasteiger partial charge in [-0.25, -0.2) is 0 Å². The lowest BCUT2D eigenvalue weighted by molar-refractivity contribution is -0.146. The van der Waals surface area contributed by atoms with Crippen LogP contribution in [0.3, 0.4) is 0 Å². The Morgan fingerprint density at radius 1 is 1.58 bits per heavy atom. The molecule has 12 heavy (non-hydrogen) atoms. The van der Waals surface area contributed by atoms with E-state index in [0.717, 1.165) is 6.42 Å². The minimum atomic E-state index is -0.228. The van der Waals surface area contributed by atoms with Crippen LogP contribution >= 0.6 is 0 Å². The lowest BCUT2D eigenvalue weighted by Crippen LogP contribution is -2.33. The maximum Gasteiger partial charge on any atom is 0.312 e. The van der Waals surface area contributed by atoms with Gasteiger partial charge in [-0.1, -0.05) is 19.1 Å². The Kier molecular flexibility index (Phi) is 1.53. The van der Waals surface area contributed by atoms with Crippen molar-refractivity contribution in [3.63, 3.8) is 0 Å². The van der Waals surface area contributed by atoms with Crippen molar-refractivity contribution >= 4 is 5.97 Å². The van der Waals surface area contributed by atoms with Gasteiger partial charge in [0.05, 0.1) is 12.0 Å². The van der Waals surface area contributed by atoms with Gasteiger partial charge in [-0.3, -0.25) is 4.79 Å². The number of hydrogen-bond acceptors (Lipinski definition) is 2. The third-order valence-corrected chi connectivity index (χ3v) is 3.10. The number of carbonyl (C=O) groups is 1. The number of cyclic esters (lactones) is 1. The molecular formula is C10H14O2. The van der Waals surface area contributed by atoms with E-state index >= 15 is 0 Å². The highest BCUT2D eigenvalue weighted by Gasteiger charge is 2.49. The van der Waals surface area contributed by atoms with Crippen molar-refractivity contribution < 1.29 is 9.53 Å². The molecule has 0 saturated carbocycles. The summed E-state index contributed by atoms with van der Waals surface area (Å²) in [6, 6.07) is 0. The van der Waals surface area contributed by atoms with Crippen LogP contribution < -0.4 is 0 Å². The van der Waals surface area contributed by atoms with Gasteiger partial charge in [0.15, 0.2) is 0 Å². The average molecular weight is 166 g/mol. The molecule has 2 nitrogen and oxygen atoms in total. The molecule has 66 valence electrons. The highest BCUT2D eigenvalue weighted by molar-refractivity contribution is 5.79. The van der Waals surface area contributed by atoms with Crippen LogP contribution in [0, 0.1) is 17.3 Å². The molecule has 0 unspecified atom stereocenters. The van der Waals surface area contributed by atoms with Gasteiger partial charge in [-0.2, -0.15) is 0 Å². The first kappa shape index (κ1) is 7.84. The summed E-state index contributed by atoms with van der Waals surface area (Å²) in [6.07, 6.45) is 5.26.